The summed E-state index contributed by atoms with van der Waals surface area (Å²) in [5.41, 5.74) is 6.02. The summed E-state index contributed by atoms with van der Waals surface area (Å²) in [6, 6.07) is 2.86. The summed E-state index contributed by atoms with van der Waals surface area (Å²) in [5.74, 6) is -0.789. The number of carboxylic acids is 1. The van der Waals surface area contributed by atoms with Crippen molar-refractivity contribution < 1.29 is 9.90 Å². The first-order valence-electron chi connectivity index (χ1n) is 4.75. The number of nitrogens with two attached hydrogens (primary N) is 1. The van der Waals surface area contributed by atoms with E-state index in [-0.39, 0.29) is 5.69 Å². The standard InChI is InChI=1S/C10H10N4O2S/c1-5-4-12-10(17-5)14-8-6(11)2-3-7(13-8)9(15)16/h2-4H,11H2,1H3,(H,15,16)(H,12,13,14). The SMILES string of the molecule is Cc1cnc(Nc2nc(C(=O)O)ccc2N)s1. The Labute approximate surface area is 101 Å². The lowest BCUT2D eigenvalue weighted by atomic mass is 10.3. The van der Waals surface area contributed by atoms with Crippen LogP contribution in [0.1, 0.15) is 15.4 Å². The van der Waals surface area contributed by atoms with Gasteiger partial charge < -0.3 is 16.2 Å². The monoisotopic (exact) mass is 250 g/mol. The molecule has 0 spiro atoms. The number of rotatable bonds is 3. The van der Waals surface area contributed by atoms with Gasteiger partial charge in [-0.1, -0.05) is 0 Å². The highest BCUT2D eigenvalue weighted by Gasteiger charge is 2.09. The predicted octanol–water partition coefficient (Wildman–Crippen LogP) is 1.87. The second-order valence-electron chi connectivity index (χ2n) is 3.34. The maximum atomic E-state index is 10.8. The van der Waals surface area contributed by atoms with E-state index in [9.17, 15) is 4.79 Å². The van der Waals surface area contributed by atoms with Crippen LogP contribution in [0.15, 0.2) is 18.3 Å². The molecule has 2 aromatic heterocycles. The zero-order valence-electron chi connectivity index (χ0n) is 8.97. The number of anilines is 3. The van der Waals surface area contributed by atoms with Gasteiger partial charge in [-0.15, -0.1) is 11.3 Å². The van der Waals surface area contributed by atoms with E-state index < -0.39 is 5.97 Å². The van der Waals surface area contributed by atoms with Gasteiger partial charge >= 0.3 is 5.97 Å². The molecule has 6 nitrogen and oxygen atoms in total. The fourth-order valence-corrected chi connectivity index (χ4v) is 1.87. The van der Waals surface area contributed by atoms with E-state index >= 15 is 0 Å². The van der Waals surface area contributed by atoms with E-state index in [1.807, 2.05) is 6.92 Å². The van der Waals surface area contributed by atoms with Crippen molar-refractivity contribution in [2.24, 2.45) is 0 Å². The first-order valence-corrected chi connectivity index (χ1v) is 5.57. The lowest BCUT2D eigenvalue weighted by Crippen LogP contribution is -2.05. The molecule has 0 aromatic carbocycles. The van der Waals surface area contributed by atoms with Crippen molar-refractivity contribution >= 4 is 33.9 Å². The third-order valence-corrected chi connectivity index (χ3v) is 2.82. The third-order valence-electron chi connectivity index (χ3n) is 1.99. The smallest absolute Gasteiger partial charge is 0.354 e. The molecule has 0 bridgehead atoms. The van der Waals surface area contributed by atoms with Crippen LogP contribution in [0.25, 0.3) is 0 Å². The molecule has 4 N–H and O–H groups in total. The zero-order valence-corrected chi connectivity index (χ0v) is 9.78. The van der Waals surface area contributed by atoms with Gasteiger partial charge in [0.1, 0.15) is 0 Å². The highest BCUT2D eigenvalue weighted by Crippen LogP contribution is 2.24. The van der Waals surface area contributed by atoms with Gasteiger partial charge in [-0.2, -0.15) is 0 Å². The highest BCUT2D eigenvalue weighted by molar-refractivity contribution is 7.15. The molecule has 2 heterocycles. The second-order valence-corrected chi connectivity index (χ2v) is 4.58. The van der Waals surface area contributed by atoms with Crippen molar-refractivity contribution in [1.29, 1.82) is 0 Å². The number of aromatic nitrogens is 2. The molecule has 0 saturated carbocycles. The van der Waals surface area contributed by atoms with Crippen LogP contribution in [0.3, 0.4) is 0 Å². The summed E-state index contributed by atoms with van der Waals surface area (Å²) in [5, 5.41) is 12.4. The van der Waals surface area contributed by atoms with E-state index in [1.165, 1.54) is 23.5 Å². The fourth-order valence-electron chi connectivity index (χ4n) is 1.20. The minimum absolute atomic E-state index is 0.0602. The van der Waals surface area contributed by atoms with Gasteiger partial charge in [-0.25, -0.2) is 14.8 Å². The molecule has 88 valence electrons. The molecular formula is C10H10N4O2S. The minimum atomic E-state index is -1.09. The Morgan fingerprint density at radius 2 is 2.29 bits per heavy atom. The van der Waals surface area contributed by atoms with Gasteiger partial charge in [0, 0.05) is 11.1 Å². The summed E-state index contributed by atoms with van der Waals surface area (Å²) < 4.78 is 0. The maximum absolute atomic E-state index is 10.8. The Balaban J connectivity index is 2.31. The van der Waals surface area contributed by atoms with E-state index in [2.05, 4.69) is 15.3 Å². The average molecular weight is 250 g/mol. The quantitative estimate of drug-likeness (QED) is 0.768. The Kier molecular flexibility index (Phi) is 2.92. The number of nitrogens with zero attached hydrogens (tertiary/aromatic N) is 2. The summed E-state index contributed by atoms with van der Waals surface area (Å²) in [6.07, 6.45) is 1.71. The van der Waals surface area contributed by atoms with Gasteiger partial charge in [0.15, 0.2) is 16.6 Å². The molecule has 0 atom stereocenters. The number of hydrogen-bond acceptors (Lipinski definition) is 6. The summed E-state index contributed by atoms with van der Waals surface area (Å²) in [4.78, 5) is 19.8. The summed E-state index contributed by atoms with van der Waals surface area (Å²) >= 11 is 1.44. The van der Waals surface area contributed by atoms with Gasteiger partial charge in [-0.05, 0) is 19.1 Å². The number of nitrogens with one attached hydrogen (secondary N) is 1. The largest absolute Gasteiger partial charge is 0.477 e. The van der Waals surface area contributed by atoms with Gasteiger partial charge in [0.2, 0.25) is 0 Å². The Hall–Kier alpha value is -2.15. The molecule has 0 aliphatic heterocycles. The second kappa shape index (κ2) is 4.38. The Bertz CT molecular complexity index is 567. The number of pyridine rings is 1. The van der Waals surface area contributed by atoms with Gasteiger partial charge in [0.05, 0.1) is 5.69 Å². The fraction of sp³-hybridized carbons (Fsp3) is 0.100. The number of carbonyl (C=O) groups is 1. The Morgan fingerprint density at radius 3 is 2.88 bits per heavy atom. The molecule has 0 radical (unpaired) electrons. The van der Waals surface area contributed by atoms with Crippen LogP contribution >= 0.6 is 11.3 Å². The van der Waals surface area contributed by atoms with Gasteiger partial charge in [-0.3, -0.25) is 0 Å². The van der Waals surface area contributed by atoms with Crippen molar-refractivity contribution in [2.45, 2.75) is 6.92 Å². The molecule has 0 aliphatic rings. The molecule has 0 amide bonds. The molecule has 0 unspecified atom stereocenters. The average Bonchev–Trinajstić information content (AvgIpc) is 2.67. The predicted molar refractivity (Wildman–Crippen MR) is 65.7 cm³/mol. The van der Waals surface area contributed by atoms with Crippen molar-refractivity contribution in [3.8, 4) is 0 Å². The molecule has 0 fully saturated rings. The minimum Gasteiger partial charge on any atom is -0.477 e. The summed E-state index contributed by atoms with van der Waals surface area (Å²) in [6.45, 7) is 1.92. The molecule has 2 rings (SSSR count). The topological polar surface area (TPSA) is 101 Å². The van der Waals surface area contributed by atoms with Crippen LogP contribution in [0, 0.1) is 6.92 Å². The van der Waals surface area contributed by atoms with Crippen LogP contribution < -0.4 is 11.1 Å². The lowest BCUT2D eigenvalue weighted by Gasteiger charge is -2.05. The molecule has 17 heavy (non-hydrogen) atoms. The van der Waals surface area contributed by atoms with E-state index in [0.29, 0.717) is 16.6 Å². The van der Waals surface area contributed by atoms with Crippen LogP contribution in [0.2, 0.25) is 0 Å². The van der Waals surface area contributed by atoms with Crippen LogP contribution in [-0.4, -0.2) is 21.0 Å². The number of carboxylic acid groups (broad SMARTS) is 1. The molecule has 0 saturated heterocycles. The van der Waals surface area contributed by atoms with E-state index in [1.54, 1.807) is 6.20 Å². The van der Waals surface area contributed by atoms with Crippen molar-refractivity contribution in [1.82, 2.24) is 9.97 Å². The molecular weight excluding hydrogens is 240 g/mol. The van der Waals surface area contributed by atoms with Crippen molar-refractivity contribution in [3.05, 3.63) is 28.9 Å². The first kappa shape index (κ1) is 11.3. The highest BCUT2D eigenvalue weighted by atomic mass is 32.1. The summed E-state index contributed by atoms with van der Waals surface area (Å²) in [7, 11) is 0. The van der Waals surface area contributed by atoms with Gasteiger partial charge in [0.25, 0.3) is 0 Å². The van der Waals surface area contributed by atoms with E-state index in [0.717, 1.165) is 4.88 Å². The normalized spacial score (nSPS) is 10.2. The lowest BCUT2D eigenvalue weighted by molar-refractivity contribution is 0.0690. The third kappa shape index (κ3) is 2.51. The Morgan fingerprint density at radius 1 is 1.53 bits per heavy atom. The first-order chi connectivity index (χ1) is 8.06. The number of aromatic carboxylic acids is 1. The number of hydrogen-bond donors (Lipinski definition) is 3. The van der Waals surface area contributed by atoms with Crippen LogP contribution in [0.5, 0.6) is 0 Å². The number of nitrogen functional groups attached to an aromatic ring is 1. The molecule has 0 aliphatic carbocycles. The van der Waals surface area contributed by atoms with E-state index in [4.69, 9.17) is 10.8 Å². The van der Waals surface area contributed by atoms with Crippen LogP contribution in [-0.2, 0) is 0 Å². The maximum Gasteiger partial charge on any atom is 0.354 e. The van der Waals surface area contributed by atoms with Crippen LogP contribution in [0.4, 0.5) is 16.6 Å². The van der Waals surface area contributed by atoms with Crippen molar-refractivity contribution in [3.63, 3.8) is 0 Å². The molecule has 7 heteroatoms. The number of aryl methyl sites for hydroxylation is 1. The zero-order chi connectivity index (χ0) is 12.4. The molecule has 2 aromatic rings. The van der Waals surface area contributed by atoms with Crippen molar-refractivity contribution in [2.75, 3.05) is 11.1 Å². The number of thiazole rings is 1.